The van der Waals surface area contributed by atoms with Gasteiger partial charge in [-0.25, -0.2) is 0 Å². The van der Waals surface area contributed by atoms with Crippen LogP contribution in [0.1, 0.15) is 5.56 Å². The van der Waals surface area contributed by atoms with Gasteiger partial charge < -0.3 is 0 Å². The fourth-order valence-electron chi connectivity index (χ4n) is 1.37. The summed E-state index contributed by atoms with van der Waals surface area (Å²) in [5.74, 6) is 0. The molecule has 1 aliphatic rings. The van der Waals surface area contributed by atoms with E-state index in [0.29, 0.717) is 11.4 Å². The van der Waals surface area contributed by atoms with Crippen LogP contribution in [0.2, 0.25) is 0 Å². The molecule has 0 radical (unpaired) electrons. The van der Waals surface area contributed by atoms with Crippen LogP contribution in [0.5, 0.6) is 0 Å². The first-order valence-electron chi connectivity index (χ1n) is 3.88. The Balaban J connectivity index is 2.69. The van der Waals surface area contributed by atoms with Gasteiger partial charge in [0, 0.05) is 7.05 Å². The Hall–Kier alpha value is -1.23. The molecule has 0 aliphatic carbocycles. The normalized spacial score (nSPS) is 18.2. The maximum atomic E-state index is 11.4. The van der Waals surface area contributed by atoms with Crippen molar-refractivity contribution in [2.75, 3.05) is 16.1 Å². The molecule has 4 nitrogen and oxygen atoms in total. The summed E-state index contributed by atoms with van der Waals surface area (Å²) in [7, 11) is -1.79. The van der Waals surface area contributed by atoms with E-state index in [1.165, 1.54) is 11.4 Å². The largest absolute Gasteiger partial charge is 0.323 e. The summed E-state index contributed by atoms with van der Waals surface area (Å²) in [6, 6.07) is 5.49. The molecule has 0 spiro atoms. The number of benzene rings is 1. The number of fused-ring (bicyclic) bond motifs is 1. The van der Waals surface area contributed by atoms with Gasteiger partial charge in [0.15, 0.2) is 0 Å². The number of hydrogen-bond donors (Lipinski definition) is 1. The van der Waals surface area contributed by atoms with E-state index in [9.17, 15) is 8.42 Å². The van der Waals surface area contributed by atoms with Gasteiger partial charge in [0.05, 0.1) is 11.4 Å². The first-order chi connectivity index (χ1) is 6.02. The molecule has 0 fully saturated rings. The van der Waals surface area contributed by atoms with Crippen LogP contribution < -0.4 is 9.03 Å². The van der Waals surface area contributed by atoms with Crippen LogP contribution in [-0.4, -0.2) is 15.5 Å². The predicted octanol–water partition coefficient (Wildman–Crippen LogP) is 1.10. The van der Waals surface area contributed by atoms with E-state index >= 15 is 0 Å². The number of nitrogens with zero attached hydrogens (tertiary/aromatic N) is 1. The second kappa shape index (κ2) is 2.38. The minimum absolute atomic E-state index is 0.685. The zero-order chi connectivity index (χ0) is 9.64. The summed E-state index contributed by atoms with van der Waals surface area (Å²) < 4.78 is 26.5. The van der Waals surface area contributed by atoms with Crippen molar-refractivity contribution in [1.82, 2.24) is 0 Å². The average Bonchev–Trinajstić information content (AvgIpc) is 2.28. The van der Waals surface area contributed by atoms with Crippen molar-refractivity contribution in [3.05, 3.63) is 23.8 Å². The van der Waals surface area contributed by atoms with E-state index in [1.807, 2.05) is 19.1 Å². The Morgan fingerprint density at radius 1 is 1.38 bits per heavy atom. The standard InChI is InChI=1S/C8H10N2O2S/c1-6-4-3-5-7-8(6)9-13(11,12)10(7)2/h3-5,9H,1-2H3. The minimum atomic E-state index is -3.32. The van der Waals surface area contributed by atoms with Crippen molar-refractivity contribution in [2.45, 2.75) is 6.92 Å². The quantitative estimate of drug-likeness (QED) is 0.678. The molecule has 0 atom stereocenters. The molecule has 0 unspecified atom stereocenters. The summed E-state index contributed by atoms with van der Waals surface area (Å²) in [5, 5.41) is 0. The van der Waals surface area contributed by atoms with E-state index in [2.05, 4.69) is 4.72 Å². The average molecular weight is 198 g/mol. The minimum Gasteiger partial charge on any atom is -0.264 e. The first kappa shape index (κ1) is 8.37. The predicted molar refractivity (Wildman–Crippen MR) is 52.1 cm³/mol. The Morgan fingerprint density at radius 2 is 2.08 bits per heavy atom. The smallest absolute Gasteiger partial charge is 0.264 e. The zero-order valence-corrected chi connectivity index (χ0v) is 8.22. The number of hydrogen-bond acceptors (Lipinski definition) is 2. The van der Waals surface area contributed by atoms with Crippen molar-refractivity contribution in [2.24, 2.45) is 0 Å². The van der Waals surface area contributed by atoms with Gasteiger partial charge in [-0.1, -0.05) is 12.1 Å². The highest BCUT2D eigenvalue weighted by Crippen LogP contribution is 2.36. The van der Waals surface area contributed by atoms with Gasteiger partial charge in [-0.15, -0.1) is 0 Å². The van der Waals surface area contributed by atoms with Gasteiger partial charge in [0.25, 0.3) is 0 Å². The van der Waals surface area contributed by atoms with Gasteiger partial charge in [-0.2, -0.15) is 8.42 Å². The molecule has 1 aromatic rings. The molecule has 0 saturated carbocycles. The van der Waals surface area contributed by atoms with Crippen LogP contribution in [0.25, 0.3) is 0 Å². The Labute approximate surface area is 77.4 Å². The fraction of sp³-hybridized carbons (Fsp3) is 0.250. The van der Waals surface area contributed by atoms with Crippen molar-refractivity contribution in [3.63, 3.8) is 0 Å². The Kier molecular flexibility index (Phi) is 1.53. The molecule has 13 heavy (non-hydrogen) atoms. The fourth-order valence-corrected chi connectivity index (χ4v) is 2.45. The summed E-state index contributed by atoms with van der Waals surface area (Å²) in [6.45, 7) is 1.88. The van der Waals surface area contributed by atoms with E-state index in [0.717, 1.165) is 5.56 Å². The van der Waals surface area contributed by atoms with Gasteiger partial charge in [0.2, 0.25) is 0 Å². The molecule has 0 aromatic heterocycles. The highest BCUT2D eigenvalue weighted by molar-refractivity contribution is 7.94. The number of rotatable bonds is 0. The lowest BCUT2D eigenvalue weighted by Crippen LogP contribution is -2.25. The molecule has 0 amide bonds. The van der Waals surface area contributed by atoms with Crippen molar-refractivity contribution in [1.29, 1.82) is 0 Å². The lowest BCUT2D eigenvalue weighted by atomic mass is 10.2. The molecule has 2 rings (SSSR count). The molecule has 1 heterocycles. The van der Waals surface area contributed by atoms with Crippen LogP contribution in [0, 0.1) is 6.92 Å². The molecule has 1 aromatic carbocycles. The van der Waals surface area contributed by atoms with E-state index < -0.39 is 10.2 Å². The Bertz CT molecular complexity index is 453. The number of nitrogens with one attached hydrogen (secondary N) is 1. The molecule has 0 bridgehead atoms. The monoisotopic (exact) mass is 198 g/mol. The van der Waals surface area contributed by atoms with Crippen molar-refractivity contribution in [3.8, 4) is 0 Å². The number of para-hydroxylation sites is 1. The Morgan fingerprint density at radius 3 is 2.69 bits per heavy atom. The molecule has 1 aliphatic heterocycles. The molecule has 1 N–H and O–H groups in total. The van der Waals surface area contributed by atoms with Crippen LogP contribution in [0.15, 0.2) is 18.2 Å². The van der Waals surface area contributed by atoms with E-state index in [4.69, 9.17) is 0 Å². The number of aryl methyl sites for hydroxylation is 1. The third-order valence-electron chi connectivity index (χ3n) is 2.18. The summed E-state index contributed by atoms with van der Waals surface area (Å²) >= 11 is 0. The molecular weight excluding hydrogens is 188 g/mol. The van der Waals surface area contributed by atoms with Gasteiger partial charge >= 0.3 is 10.2 Å². The SMILES string of the molecule is Cc1cccc2c1NS(=O)(=O)N2C. The van der Waals surface area contributed by atoms with Gasteiger partial charge in [-0.05, 0) is 18.6 Å². The van der Waals surface area contributed by atoms with Gasteiger partial charge in [-0.3, -0.25) is 9.03 Å². The van der Waals surface area contributed by atoms with Crippen molar-refractivity contribution < 1.29 is 8.42 Å². The highest BCUT2D eigenvalue weighted by Gasteiger charge is 2.29. The lowest BCUT2D eigenvalue weighted by Gasteiger charge is -2.08. The third-order valence-corrected chi connectivity index (χ3v) is 3.56. The molecule has 5 heteroatoms. The second-order valence-corrected chi connectivity index (χ2v) is 4.75. The topological polar surface area (TPSA) is 49.4 Å². The third kappa shape index (κ3) is 1.07. The summed E-state index contributed by atoms with van der Waals surface area (Å²) in [4.78, 5) is 0. The van der Waals surface area contributed by atoms with E-state index in [1.54, 1.807) is 6.07 Å². The molecule has 70 valence electrons. The summed E-state index contributed by atoms with van der Waals surface area (Å²) in [6.07, 6.45) is 0. The molecular formula is C8H10N2O2S. The lowest BCUT2D eigenvalue weighted by molar-refractivity contribution is 0.601. The zero-order valence-electron chi connectivity index (χ0n) is 7.40. The second-order valence-electron chi connectivity index (χ2n) is 3.04. The van der Waals surface area contributed by atoms with E-state index in [-0.39, 0.29) is 0 Å². The number of anilines is 2. The maximum Gasteiger partial charge on any atom is 0.323 e. The first-order valence-corrected chi connectivity index (χ1v) is 5.32. The van der Waals surface area contributed by atoms with Crippen LogP contribution in [-0.2, 0) is 10.2 Å². The highest BCUT2D eigenvalue weighted by atomic mass is 32.2. The maximum absolute atomic E-state index is 11.4. The van der Waals surface area contributed by atoms with Crippen molar-refractivity contribution >= 4 is 21.6 Å². The van der Waals surface area contributed by atoms with Crippen LogP contribution in [0.4, 0.5) is 11.4 Å². The van der Waals surface area contributed by atoms with Gasteiger partial charge in [0.1, 0.15) is 0 Å². The molecule has 0 saturated heterocycles. The van der Waals surface area contributed by atoms with Crippen LogP contribution in [0.3, 0.4) is 0 Å². The van der Waals surface area contributed by atoms with Crippen LogP contribution >= 0.6 is 0 Å². The summed E-state index contributed by atoms with van der Waals surface area (Å²) in [5.41, 5.74) is 2.33.